The summed E-state index contributed by atoms with van der Waals surface area (Å²) in [7, 11) is 0. The third-order valence-electron chi connectivity index (χ3n) is 4.25. The van der Waals surface area contributed by atoms with E-state index in [1.165, 1.54) is 24.3 Å². The van der Waals surface area contributed by atoms with Crippen LogP contribution >= 0.6 is 0 Å². The molecule has 0 amide bonds. The maximum atomic E-state index is 11.0. The lowest BCUT2D eigenvalue weighted by Crippen LogP contribution is -2.28. The molecule has 0 saturated heterocycles. The molecule has 2 rings (SSSR count). The fourth-order valence-corrected chi connectivity index (χ4v) is 2.80. The van der Waals surface area contributed by atoms with Crippen molar-refractivity contribution in [3.8, 4) is 11.5 Å². The van der Waals surface area contributed by atoms with Gasteiger partial charge in [-0.3, -0.25) is 0 Å². The van der Waals surface area contributed by atoms with Crippen molar-refractivity contribution in [3.63, 3.8) is 0 Å². The molecule has 150 valence electrons. The van der Waals surface area contributed by atoms with E-state index in [-0.39, 0.29) is 11.1 Å². The van der Waals surface area contributed by atoms with Gasteiger partial charge >= 0.3 is 11.9 Å². The third kappa shape index (κ3) is 6.95. The number of ether oxygens (including phenoxy) is 2. The summed E-state index contributed by atoms with van der Waals surface area (Å²) in [5, 5.41) is 18.0. The van der Waals surface area contributed by atoms with Crippen molar-refractivity contribution >= 4 is 11.9 Å². The van der Waals surface area contributed by atoms with Crippen molar-refractivity contribution in [3.05, 3.63) is 59.7 Å². The van der Waals surface area contributed by atoms with Crippen molar-refractivity contribution in [2.75, 3.05) is 6.61 Å². The summed E-state index contributed by atoms with van der Waals surface area (Å²) < 4.78 is 11.6. The fraction of sp³-hybridized carbons (Fsp3) is 0.364. The number of hydrogen-bond acceptors (Lipinski definition) is 4. The van der Waals surface area contributed by atoms with Crippen molar-refractivity contribution < 1.29 is 29.3 Å². The predicted octanol–water partition coefficient (Wildman–Crippen LogP) is 4.88. The zero-order chi connectivity index (χ0) is 20.6. The number of carboxylic acids is 2. The number of rotatable bonds is 11. The van der Waals surface area contributed by atoms with E-state index in [1.807, 2.05) is 13.8 Å². The Balaban J connectivity index is 1.71. The van der Waals surface area contributed by atoms with Crippen LogP contribution in [0.15, 0.2) is 48.5 Å². The van der Waals surface area contributed by atoms with E-state index < -0.39 is 17.5 Å². The first-order valence-corrected chi connectivity index (χ1v) is 9.25. The maximum absolute atomic E-state index is 11.0. The Labute approximate surface area is 164 Å². The maximum Gasteiger partial charge on any atom is 0.335 e. The Kier molecular flexibility index (Phi) is 7.44. The van der Waals surface area contributed by atoms with Crippen LogP contribution in [0.5, 0.6) is 11.5 Å². The van der Waals surface area contributed by atoms with Gasteiger partial charge < -0.3 is 19.7 Å². The molecule has 0 aromatic heterocycles. The summed E-state index contributed by atoms with van der Waals surface area (Å²) in [4.78, 5) is 22.0. The second-order valence-corrected chi connectivity index (χ2v) is 7.19. The van der Waals surface area contributed by atoms with Crippen LogP contribution in [-0.4, -0.2) is 34.4 Å². The minimum Gasteiger partial charge on any atom is -0.494 e. The third-order valence-corrected chi connectivity index (χ3v) is 4.25. The van der Waals surface area contributed by atoms with Crippen LogP contribution in [-0.2, 0) is 0 Å². The molecule has 0 atom stereocenters. The van der Waals surface area contributed by atoms with E-state index in [0.717, 1.165) is 25.7 Å². The minimum absolute atomic E-state index is 0.206. The second-order valence-electron chi connectivity index (χ2n) is 7.19. The van der Waals surface area contributed by atoms with Gasteiger partial charge in [0.2, 0.25) is 0 Å². The summed E-state index contributed by atoms with van der Waals surface area (Å²) in [5.41, 5.74) is 0.00846. The first-order chi connectivity index (χ1) is 13.3. The van der Waals surface area contributed by atoms with Gasteiger partial charge in [0, 0.05) is 0 Å². The van der Waals surface area contributed by atoms with Crippen LogP contribution in [0.3, 0.4) is 0 Å². The lowest BCUT2D eigenvalue weighted by atomic mass is 10.00. The van der Waals surface area contributed by atoms with Crippen molar-refractivity contribution in [1.82, 2.24) is 0 Å². The van der Waals surface area contributed by atoms with Gasteiger partial charge in [0.25, 0.3) is 0 Å². The van der Waals surface area contributed by atoms with Gasteiger partial charge in [0.05, 0.1) is 17.7 Å². The van der Waals surface area contributed by atoms with Gasteiger partial charge in [-0.15, -0.1) is 0 Å². The highest BCUT2D eigenvalue weighted by atomic mass is 16.5. The quantitative estimate of drug-likeness (QED) is 0.535. The number of carboxylic acid groups (broad SMARTS) is 2. The van der Waals surface area contributed by atoms with Gasteiger partial charge in [-0.25, -0.2) is 9.59 Å². The zero-order valence-corrected chi connectivity index (χ0v) is 16.2. The Morgan fingerprint density at radius 1 is 0.857 bits per heavy atom. The Morgan fingerprint density at radius 3 is 2.04 bits per heavy atom. The molecule has 0 unspecified atom stereocenters. The zero-order valence-electron chi connectivity index (χ0n) is 16.2. The Hall–Kier alpha value is -3.02. The molecule has 6 nitrogen and oxygen atoms in total. The predicted molar refractivity (Wildman–Crippen MR) is 105 cm³/mol. The molecule has 6 heteroatoms. The molecule has 0 saturated carbocycles. The number of unbranched alkanes of at least 4 members (excludes halogenated alkanes) is 2. The summed E-state index contributed by atoms with van der Waals surface area (Å²) >= 11 is 0. The number of aromatic carboxylic acids is 2. The average Bonchev–Trinajstić information content (AvgIpc) is 2.64. The monoisotopic (exact) mass is 386 g/mol. The fourth-order valence-electron chi connectivity index (χ4n) is 2.80. The van der Waals surface area contributed by atoms with Crippen LogP contribution in [0, 0.1) is 0 Å². The smallest absolute Gasteiger partial charge is 0.335 e. The molecule has 2 aromatic rings. The Morgan fingerprint density at radius 2 is 1.43 bits per heavy atom. The molecule has 0 fully saturated rings. The highest BCUT2D eigenvalue weighted by molar-refractivity contribution is 5.88. The first kappa shape index (κ1) is 21.3. The van der Waals surface area contributed by atoms with Crippen molar-refractivity contribution in [2.45, 2.75) is 45.1 Å². The van der Waals surface area contributed by atoms with Gasteiger partial charge in [0.1, 0.15) is 17.1 Å². The number of benzene rings is 2. The lowest BCUT2D eigenvalue weighted by molar-refractivity contribution is 0.0684. The van der Waals surface area contributed by atoms with E-state index in [2.05, 4.69) is 0 Å². The molecule has 28 heavy (non-hydrogen) atoms. The van der Waals surface area contributed by atoms with E-state index in [1.54, 1.807) is 24.3 Å². The SMILES string of the molecule is CC(C)(CCCCCOc1cccc(C(=O)O)c1)Oc1cccc(C(=O)O)c1. The molecule has 2 aromatic carbocycles. The summed E-state index contributed by atoms with van der Waals surface area (Å²) in [6, 6.07) is 13.0. The van der Waals surface area contributed by atoms with E-state index in [9.17, 15) is 9.59 Å². The van der Waals surface area contributed by atoms with Crippen molar-refractivity contribution in [2.24, 2.45) is 0 Å². The number of hydrogen-bond donors (Lipinski definition) is 2. The van der Waals surface area contributed by atoms with Gasteiger partial charge in [-0.05, 0) is 75.9 Å². The van der Waals surface area contributed by atoms with E-state index >= 15 is 0 Å². The summed E-state index contributed by atoms with van der Waals surface area (Å²) in [6.07, 6.45) is 3.55. The van der Waals surface area contributed by atoms with E-state index in [0.29, 0.717) is 18.1 Å². The molecule has 0 aliphatic heterocycles. The number of carbonyl (C=O) groups is 2. The molecule has 0 aliphatic carbocycles. The molecule has 0 aliphatic rings. The van der Waals surface area contributed by atoms with Crippen LogP contribution in [0.25, 0.3) is 0 Å². The second kappa shape index (κ2) is 9.78. The highest BCUT2D eigenvalue weighted by Crippen LogP contribution is 2.24. The van der Waals surface area contributed by atoms with Gasteiger partial charge in [0.15, 0.2) is 0 Å². The lowest BCUT2D eigenvalue weighted by Gasteiger charge is -2.26. The minimum atomic E-state index is -0.975. The Bertz CT molecular complexity index is 812. The van der Waals surface area contributed by atoms with Crippen LogP contribution < -0.4 is 9.47 Å². The summed E-state index contributed by atoms with van der Waals surface area (Å²) in [6.45, 7) is 4.48. The highest BCUT2D eigenvalue weighted by Gasteiger charge is 2.19. The van der Waals surface area contributed by atoms with Crippen molar-refractivity contribution in [1.29, 1.82) is 0 Å². The van der Waals surface area contributed by atoms with Crippen LogP contribution in [0.4, 0.5) is 0 Å². The van der Waals surface area contributed by atoms with Gasteiger partial charge in [-0.2, -0.15) is 0 Å². The van der Waals surface area contributed by atoms with E-state index in [4.69, 9.17) is 19.7 Å². The molecule has 0 radical (unpaired) electrons. The summed E-state index contributed by atoms with van der Waals surface area (Å²) in [5.74, 6) is -0.841. The molecule has 0 heterocycles. The molecule has 2 N–H and O–H groups in total. The molecular formula is C22H26O6. The standard InChI is InChI=1S/C22H26O6/c1-22(2,28-19-11-7-9-17(15-19)21(25)26)12-4-3-5-13-27-18-10-6-8-16(14-18)20(23)24/h6-11,14-15H,3-5,12-13H2,1-2H3,(H,23,24)(H,25,26). The average molecular weight is 386 g/mol. The normalized spacial score (nSPS) is 11.1. The molecular weight excluding hydrogens is 360 g/mol. The molecule has 0 spiro atoms. The van der Waals surface area contributed by atoms with Gasteiger partial charge in [-0.1, -0.05) is 12.1 Å². The van der Waals surface area contributed by atoms with Crippen LogP contribution in [0.2, 0.25) is 0 Å². The first-order valence-electron chi connectivity index (χ1n) is 9.25. The van der Waals surface area contributed by atoms with Crippen LogP contribution in [0.1, 0.15) is 60.2 Å². The molecule has 0 bridgehead atoms. The topological polar surface area (TPSA) is 93.1 Å². The largest absolute Gasteiger partial charge is 0.494 e.